The Bertz CT molecular complexity index is 1260. The molecule has 0 radical (unpaired) electrons. The van der Waals surface area contributed by atoms with Gasteiger partial charge in [0.15, 0.2) is 0 Å². The maximum atomic E-state index is 13.5. The summed E-state index contributed by atoms with van der Waals surface area (Å²) in [5, 5.41) is 12.5. The molecule has 1 amide bonds. The number of hydrogen-bond donors (Lipinski definition) is 2. The van der Waals surface area contributed by atoms with Gasteiger partial charge in [-0.15, -0.1) is 0 Å². The molecule has 8 heteroatoms. The van der Waals surface area contributed by atoms with Crippen molar-refractivity contribution in [3.05, 3.63) is 81.8 Å². The van der Waals surface area contributed by atoms with Crippen LogP contribution in [0.5, 0.6) is 0 Å². The highest BCUT2D eigenvalue weighted by molar-refractivity contribution is 5.82. The molecule has 0 saturated heterocycles. The van der Waals surface area contributed by atoms with Gasteiger partial charge in [-0.25, -0.2) is 0 Å². The molecule has 0 aromatic carbocycles. The molecule has 3 aromatic rings. The lowest BCUT2D eigenvalue weighted by Gasteiger charge is -2.25. The van der Waals surface area contributed by atoms with E-state index in [9.17, 15) is 19.5 Å². The summed E-state index contributed by atoms with van der Waals surface area (Å²) < 4.78 is 1.42. The largest absolute Gasteiger partial charge is 0.481 e. The van der Waals surface area contributed by atoms with E-state index in [4.69, 9.17) is 0 Å². The molecule has 2 atom stereocenters. The molecule has 0 aliphatic heterocycles. The lowest BCUT2D eigenvalue weighted by molar-refractivity contribution is -0.138. The number of nitrogens with zero attached hydrogens (tertiary/aromatic N) is 3. The van der Waals surface area contributed by atoms with Gasteiger partial charge in [0, 0.05) is 42.6 Å². The van der Waals surface area contributed by atoms with E-state index in [1.807, 2.05) is 40.7 Å². The number of carboxylic acid groups (broad SMARTS) is 1. The number of aliphatic carboxylic acids is 1. The molecule has 3 aromatic heterocycles. The average molecular weight is 477 g/mol. The zero-order chi connectivity index (χ0) is 25.7. The smallest absolute Gasteiger partial charge is 0.305 e. The first kappa shape index (κ1) is 25.8. The predicted octanol–water partition coefficient (Wildman–Crippen LogP) is 4.15. The third-order valence-electron chi connectivity index (χ3n) is 5.91. The zero-order valence-corrected chi connectivity index (χ0v) is 20.8. The average Bonchev–Trinajstić information content (AvgIpc) is 2.77. The molecule has 35 heavy (non-hydrogen) atoms. The maximum absolute atomic E-state index is 13.5. The standard InChI is InChI=1S/C27H32N4O4/c1-16(2)8-23(31-7-6-17(3)9-24(31)32)27(35)30-22(11-25(33)34)20-10-21(15-29-14-20)26-18(4)12-28-13-19(26)5/h6-7,9-10,12-16,22-23H,8,11H2,1-5H3,(H,30,35)(H,33,34)/t22-,23-/m0/s1. The highest BCUT2D eigenvalue weighted by atomic mass is 16.4. The van der Waals surface area contributed by atoms with Crippen LogP contribution < -0.4 is 10.9 Å². The normalized spacial score (nSPS) is 12.9. The third-order valence-corrected chi connectivity index (χ3v) is 5.91. The molecule has 3 rings (SSSR count). The highest BCUT2D eigenvalue weighted by Gasteiger charge is 2.27. The fourth-order valence-corrected chi connectivity index (χ4v) is 4.28. The minimum atomic E-state index is -1.05. The molecular formula is C27H32N4O4. The van der Waals surface area contributed by atoms with Crippen LogP contribution >= 0.6 is 0 Å². The summed E-state index contributed by atoms with van der Waals surface area (Å²) >= 11 is 0. The van der Waals surface area contributed by atoms with Crippen molar-refractivity contribution in [2.75, 3.05) is 0 Å². The van der Waals surface area contributed by atoms with Crippen molar-refractivity contribution in [3.8, 4) is 11.1 Å². The van der Waals surface area contributed by atoms with Crippen LogP contribution in [0.4, 0.5) is 0 Å². The topological polar surface area (TPSA) is 114 Å². The van der Waals surface area contributed by atoms with Gasteiger partial charge in [-0.1, -0.05) is 13.8 Å². The summed E-state index contributed by atoms with van der Waals surface area (Å²) in [5.41, 5.74) is 4.85. The second-order valence-corrected chi connectivity index (χ2v) is 9.41. The van der Waals surface area contributed by atoms with Gasteiger partial charge in [0.05, 0.1) is 12.5 Å². The molecule has 0 saturated carbocycles. The van der Waals surface area contributed by atoms with Crippen LogP contribution in [0, 0.1) is 26.7 Å². The number of aromatic nitrogens is 3. The molecule has 0 fully saturated rings. The first-order chi connectivity index (χ1) is 16.6. The molecule has 0 aliphatic carbocycles. The fraction of sp³-hybridized carbons (Fsp3) is 0.370. The van der Waals surface area contributed by atoms with E-state index in [1.165, 1.54) is 10.6 Å². The fourth-order valence-electron chi connectivity index (χ4n) is 4.28. The number of carbonyl (C=O) groups excluding carboxylic acids is 1. The number of pyridine rings is 3. The van der Waals surface area contributed by atoms with Crippen molar-refractivity contribution in [2.24, 2.45) is 5.92 Å². The molecule has 0 aliphatic rings. The summed E-state index contributed by atoms with van der Waals surface area (Å²) in [6.07, 6.45) is 8.55. The van der Waals surface area contributed by atoms with Crippen molar-refractivity contribution >= 4 is 11.9 Å². The Balaban J connectivity index is 1.98. The van der Waals surface area contributed by atoms with Crippen LogP contribution in [0.3, 0.4) is 0 Å². The predicted molar refractivity (Wildman–Crippen MR) is 134 cm³/mol. The first-order valence-corrected chi connectivity index (χ1v) is 11.6. The molecule has 2 N–H and O–H groups in total. The summed E-state index contributed by atoms with van der Waals surface area (Å²) in [6.45, 7) is 9.67. The summed E-state index contributed by atoms with van der Waals surface area (Å²) in [6, 6.07) is 3.54. The maximum Gasteiger partial charge on any atom is 0.305 e. The number of nitrogens with one attached hydrogen (secondary N) is 1. The minimum absolute atomic E-state index is 0.138. The van der Waals surface area contributed by atoms with Gasteiger partial charge in [0.25, 0.3) is 5.56 Å². The van der Waals surface area contributed by atoms with Crippen molar-refractivity contribution in [3.63, 3.8) is 0 Å². The van der Waals surface area contributed by atoms with Crippen LogP contribution in [0.2, 0.25) is 0 Å². The third kappa shape index (κ3) is 6.41. The molecule has 0 spiro atoms. The van der Waals surface area contributed by atoms with E-state index in [1.54, 1.807) is 37.1 Å². The number of amides is 1. The number of rotatable bonds is 9. The van der Waals surface area contributed by atoms with Crippen LogP contribution in [0.25, 0.3) is 11.1 Å². The van der Waals surface area contributed by atoms with Gasteiger partial charge >= 0.3 is 5.97 Å². The van der Waals surface area contributed by atoms with Gasteiger partial charge < -0.3 is 15.0 Å². The summed E-state index contributed by atoms with van der Waals surface area (Å²) in [5.74, 6) is -1.32. The van der Waals surface area contributed by atoms with Crippen LogP contribution in [0.15, 0.2) is 54.0 Å². The van der Waals surface area contributed by atoms with Gasteiger partial charge in [0.1, 0.15) is 6.04 Å². The Labute approximate surface area is 205 Å². The van der Waals surface area contributed by atoms with Crippen molar-refractivity contribution in [1.82, 2.24) is 19.9 Å². The SMILES string of the molecule is Cc1ccn([C@@H](CC(C)C)C(=O)N[C@@H](CC(=O)O)c2cncc(-c3c(C)cncc3C)c2)c(=O)c1. The highest BCUT2D eigenvalue weighted by Crippen LogP contribution is 2.29. The molecule has 184 valence electrons. The summed E-state index contributed by atoms with van der Waals surface area (Å²) in [7, 11) is 0. The number of hydrogen-bond acceptors (Lipinski definition) is 5. The molecular weight excluding hydrogens is 444 g/mol. The Morgan fingerprint density at radius 3 is 2.29 bits per heavy atom. The molecule has 0 bridgehead atoms. The molecule has 3 heterocycles. The summed E-state index contributed by atoms with van der Waals surface area (Å²) in [4.78, 5) is 46.3. The van der Waals surface area contributed by atoms with Gasteiger partial charge in [-0.2, -0.15) is 0 Å². The Kier molecular flexibility index (Phi) is 8.17. The van der Waals surface area contributed by atoms with Gasteiger partial charge in [-0.3, -0.25) is 24.4 Å². The number of aryl methyl sites for hydroxylation is 3. The monoisotopic (exact) mass is 476 g/mol. The second-order valence-electron chi connectivity index (χ2n) is 9.41. The van der Waals surface area contributed by atoms with E-state index in [2.05, 4.69) is 15.3 Å². The Morgan fingerprint density at radius 2 is 1.69 bits per heavy atom. The van der Waals surface area contributed by atoms with Crippen LogP contribution in [-0.2, 0) is 9.59 Å². The molecule has 0 unspecified atom stereocenters. The van der Waals surface area contributed by atoms with E-state index < -0.39 is 24.0 Å². The molecule has 8 nitrogen and oxygen atoms in total. The van der Waals surface area contributed by atoms with Gasteiger partial charge in [0.2, 0.25) is 5.91 Å². The lowest BCUT2D eigenvalue weighted by Crippen LogP contribution is -2.40. The van der Waals surface area contributed by atoms with Crippen LogP contribution in [-0.4, -0.2) is 31.5 Å². The Hall–Kier alpha value is -3.81. The lowest BCUT2D eigenvalue weighted by atomic mass is 9.96. The van der Waals surface area contributed by atoms with E-state index in [0.717, 1.165) is 27.8 Å². The number of carboxylic acids is 1. The van der Waals surface area contributed by atoms with Crippen molar-refractivity contribution < 1.29 is 14.7 Å². The second kappa shape index (κ2) is 11.1. The number of carbonyl (C=O) groups is 2. The van der Waals surface area contributed by atoms with Crippen LogP contribution in [0.1, 0.15) is 61.0 Å². The van der Waals surface area contributed by atoms with E-state index >= 15 is 0 Å². The van der Waals surface area contributed by atoms with Crippen molar-refractivity contribution in [2.45, 2.75) is 59.5 Å². The minimum Gasteiger partial charge on any atom is -0.481 e. The zero-order valence-electron chi connectivity index (χ0n) is 20.8. The van der Waals surface area contributed by atoms with Crippen molar-refractivity contribution in [1.29, 1.82) is 0 Å². The van der Waals surface area contributed by atoms with E-state index in [-0.39, 0.29) is 17.9 Å². The van der Waals surface area contributed by atoms with Gasteiger partial charge in [-0.05, 0) is 73.1 Å². The Morgan fingerprint density at radius 1 is 1.03 bits per heavy atom. The first-order valence-electron chi connectivity index (χ1n) is 11.6. The van der Waals surface area contributed by atoms with E-state index in [0.29, 0.717) is 12.0 Å². The quantitative estimate of drug-likeness (QED) is 0.480.